The third kappa shape index (κ3) is 5.88. The van der Waals surface area contributed by atoms with E-state index in [1.165, 1.54) is 27.4 Å². The van der Waals surface area contributed by atoms with Crippen molar-refractivity contribution in [3.63, 3.8) is 0 Å². The Hall–Kier alpha value is -2.75. The third-order valence-electron chi connectivity index (χ3n) is 4.08. The Bertz CT molecular complexity index is 863. The standard InChI is InChI=1S/C18H23NO8S/c1-24-14-9-16(26-3)15(25-2)8-12(14)4-5-18(21)27-10-17(20)19-13-6-7-28(22,23)11-13/h4-5,8-9,13H,6-7,10-11H2,1-3H3,(H,19,20)/b5-4+/t13-/m0/s1. The highest BCUT2D eigenvalue weighted by molar-refractivity contribution is 7.91. The van der Waals surface area contributed by atoms with Crippen LogP contribution in [0, 0.1) is 0 Å². The summed E-state index contributed by atoms with van der Waals surface area (Å²) in [5.41, 5.74) is 0.553. The first kappa shape index (κ1) is 21.5. The van der Waals surface area contributed by atoms with E-state index in [1.807, 2.05) is 0 Å². The minimum absolute atomic E-state index is 0.0492. The van der Waals surface area contributed by atoms with Crippen molar-refractivity contribution in [3.05, 3.63) is 23.8 Å². The molecule has 28 heavy (non-hydrogen) atoms. The van der Waals surface area contributed by atoms with Crippen LogP contribution in [0.25, 0.3) is 6.08 Å². The summed E-state index contributed by atoms with van der Waals surface area (Å²) < 4.78 is 43.3. The molecule has 0 spiro atoms. The summed E-state index contributed by atoms with van der Waals surface area (Å²) in [5.74, 6) is 0.0756. The van der Waals surface area contributed by atoms with Crippen LogP contribution in [0.5, 0.6) is 17.2 Å². The molecule has 10 heteroatoms. The number of benzene rings is 1. The SMILES string of the molecule is COc1cc(OC)c(OC)cc1/C=C/C(=O)OCC(=O)N[C@H]1CCS(=O)(=O)C1. The number of esters is 1. The van der Waals surface area contributed by atoms with Crippen molar-refractivity contribution in [2.24, 2.45) is 0 Å². The Labute approximate surface area is 163 Å². The molecule has 0 unspecified atom stereocenters. The molecule has 0 bridgehead atoms. The molecule has 0 radical (unpaired) electrons. The summed E-state index contributed by atoms with van der Waals surface area (Å²) in [7, 11) is 1.37. The zero-order valence-electron chi connectivity index (χ0n) is 15.9. The summed E-state index contributed by atoms with van der Waals surface area (Å²) in [6.07, 6.45) is 2.97. The minimum atomic E-state index is -3.09. The van der Waals surface area contributed by atoms with Crippen LogP contribution in [0.15, 0.2) is 18.2 Å². The van der Waals surface area contributed by atoms with E-state index in [-0.39, 0.29) is 11.5 Å². The highest BCUT2D eigenvalue weighted by atomic mass is 32.2. The molecule has 1 atom stereocenters. The summed E-state index contributed by atoms with van der Waals surface area (Å²) in [6.45, 7) is -0.497. The van der Waals surface area contributed by atoms with E-state index in [0.29, 0.717) is 29.2 Å². The van der Waals surface area contributed by atoms with Gasteiger partial charge in [-0.25, -0.2) is 13.2 Å². The maximum atomic E-state index is 11.9. The lowest BCUT2D eigenvalue weighted by atomic mass is 10.1. The van der Waals surface area contributed by atoms with Crippen molar-refractivity contribution < 1.29 is 37.0 Å². The number of sulfone groups is 1. The van der Waals surface area contributed by atoms with Crippen molar-refractivity contribution in [1.82, 2.24) is 5.32 Å². The quantitative estimate of drug-likeness (QED) is 0.486. The predicted octanol–water partition coefficient (Wildman–Crippen LogP) is 0.572. The smallest absolute Gasteiger partial charge is 0.331 e. The van der Waals surface area contributed by atoms with Crippen molar-refractivity contribution in [2.45, 2.75) is 12.5 Å². The number of rotatable bonds is 8. The van der Waals surface area contributed by atoms with Gasteiger partial charge in [0.15, 0.2) is 27.9 Å². The van der Waals surface area contributed by atoms with E-state index in [9.17, 15) is 18.0 Å². The lowest BCUT2D eigenvalue weighted by molar-refractivity contribution is -0.143. The number of nitrogens with one attached hydrogen (secondary N) is 1. The van der Waals surface area contributed by atoms with Crippen LogP contribution in [0.4, 0.5) is 0 Å². The second kappa shape index (κ2) is 9.45. The monoisotopic (exact) mass is 413 g/mol. The average Bonchev–Trinajstić information content (AvgIpc) is 3.01. The van der Waals surface area contributed by atoms with Gasteiger partial charge in [-0.2, -0.15) is 0 Å². The van der Waals surface area contributed by atoms with Gasteiger partial charge in [-0.05, 0) is 18.6 Å². The van der Waals surface area contributed by atoms with E-state index < -0.39 is 34.4 Å². The highest BCUT2D eigenvalue weighted by Crippen LogP contribution is 2.35. The van der Waals surface area contributed by atoms with Crippen LogP contribution in [0.2, 0.25) is 0 Å². The molecule has 2 rings (SSSR count). The number of ether oxygens (including phenoxy) is 4. The van der Waals surface area contributed by atoms with Crippen LogP contribution >= 0.6 is 0 Å². The summed E-state index contributed by atoms with van der Waals surface area (Å²) >= 11 is 0. The fourth-order valence-electron chi connectivity index (χ4n) is 2.70. The first-order chi connectivity index (χ1) is 13.3. The van der Waals surface area contributed by atoms with E-state index in [0.717, 1.165) is 6.08 Å². The molecule has 0 aliphatic carbocycles. The van der Waals surface area contributed by atoms with Crippen LogP contribution in [0.1, 0.15) is 12.0 Å². The van der Waals surface area contributed by atoms with Gasteiger partial charge in [-0.15, -0.1) is 0 Å². The summed E-state index contributed by atoms with van der Waals surface area (Å²) in [4.78, 5) is 23.6. The van der Waals surface area contributed by atoms with Gasteiger partial charge in [0.05, 0.1) is 32.8 Å². The fourth-order valence-corrected chi connectivity index (χ4v) is 4.38. The number of amides is 1. The predicted molar refractivity (Wildman–Crippen MR) is 101 cm³/mol. The van der Waals surface area contributed by atoms with Gasteiger partial charge in [0, 0.05) is 23.7 Å². The molecular formula is C18H23NO8S. The molecule has 1 aromatic rings. The topological polar surface area (TPSA) is 117 Å². The molecule has 9 nitrogen and oxygen atoms in total. The highest BCUT2D eigenvalue weighted by Gasteiger charge is 2.28. The maximum Gasteiger partial charge on any atom is 0.331 e. The van der Waals surface area contributed by atoms with E-state index in [4.69, 9.17) is 18.9 Å². The lowest BCUT2D eigenvalue weighted by Crippen LogP contribution is -2.38. The molecule has 1 fully saturated rings. The Kier molecular flexibility index (Phi) is 7.27. The second-order valence-electron chi connectivity index (χ2n) is 6.06. The van der Waals surface area contributed by atoms with E-state index in [2.05, 4.69) is 5.32 Å². The Morgan fingerprint density at radius 1 is 1.11 bits per heavy atom. The molecule has 1 saturated heterocycles. The van der Waals surface area contributed by atoms with Gasteiger partial charge in [0.2, 0.25) is 0 Å². The van der Waals surface area contributed by atoms with Gasteiger partial charge in [0.1, 0.15) is 5.75 Å². The molecular weight excluding hydrogens is 390 g/mol. The first-order valence-corrected chi connectivity index (χ1v) is 10.2. The average molecular weight is 413 g/mol. The molecule has 1 aliphatic rings. The van der Waals surface area contributed by atoms with Gasteiger partial charge in [-0.3, -0.25) is 4.79 Å². The first-order valence-electron chi connectivity index (χ1n) is 8.42. The Morgan fingerprint density at radius 2 is 1.75 bits per heavy atom. The largest absolute Gasteiger partial charge is 0.496 e. The van der Waals surface area contributed by atoms with Gasteiger partial charge >= 0.3 is 5.97 Å². The zero-order chi connectivity index (χ0) is 20.7. The van der Waals surface area contributed by atoms with Crippen LogP contribution in [-0.4, -0.2) is 65.8 Å². The van der Waals surface area contributed by atoms with Crippen LogP contribution in [-0.2, 0) is 24.2 Å². The van der Waals surface area contributed by atoms with Gasteiger partial charge < -0.3 is 24.3 Å². The van der Waals surface area contributed by atoms with Crippen molar-refractivity contribution in [3.8, 4) is 17.2 Å². The summed E-state index contributed by atoms with van der Waals surface area (Å²) in [5, 5.41) is 2.54. The zero-order valence-corrected chi connectivity index (χ0v) is 16.7. The molecule has 1 N–H and O–H groups in total. The summed E-state index contributed by atoms with van der Waals surface area (Å²) in [6, 6.07) is 2.81. The molecule has 1 heterocycles. The molecule has 154 valence electrons. The molecule has 0 aromatic heterocycles. The molecule has 1 amide bonds. The van der Waals surface area contributed by atoms with E-state index >= 15 is 0 Å². The number of hydrogen-bond donors (Lipinski definition) is 1. The van der Waals surface area contributed by atoms with Crippen LogP contribution < -0.4 is 19.5 Å². The minimum Gasteiger partial charge on any atom is -0.496 e. The second-order valence-corrected chi connectivity index (χ2v) is 8.29. The van der Waals surface area contributed by atoms with Gasteiger partial charge in [-0.1, -0.05) is 0 Å². The van der Waals surface area contributed by atoms with Gasteiger partial charge in [0.25, 0.3) is 5.91 Å². The molecule has 1 aliphatic heterocycles. The fraction of sp³-hybridized carbons (Fsp3) is 0.444. The van der Waals surface area contributed by atoms with E-state index in [1.54, 1.807) is 12.1 Å². The third-order valence-corrected chi connectivity index (χ3v) is 5.85. The van der Waals surface area contributed by atoms with Crippen LogP contribution in [0.3, 0.4) is 0 Å². The number of hydrogen-bond acceptors (Lipinski definition) is 8. The van der Waals surface area contributed by atoms with Crippen molar-refractivity contribution in [1.29, 1.82) is 0 Å². The Morgan fingerprint density at radius 3 is 2.32 bits per heavy atom. The number of carbonyl (C=O) groups excluding carboxylic acids is 2. The van der Waals surface area contributed by atoms with Crippen molar-refractivity contribution >= 4 is 27.8 Å². The maximum absolute atomic E-state index is 11.9. The molecule has 1 aromatic carbocycles. The normalized spacial score (nSPS) is 17.9. The Balaban J connectivity index is 1.92. The number of carbonyl (C=O) groups is 2. The lowest BCUT2D eigenvalue weighted by Gasteiger charge is -2.12. The van der Waals surface area contributed by atoms with Crippen molar-refractivity contribution in [2.75, 3.05) is 39.4 Å². The number of methoxy groups -OCH3 is 3. The molecule has 0 saturated carbocycles.